The Morgan fingerprint density at radius 3 is 2.76 bits per heavy atom. The summed E-state index contributed by atoms with van der Waals surface area (Å²) < 4.78 is 0. The molecule has 3 heteroatoms. The average Bonchev–Trinajstić information content (AvgIpc) is 3.16. The van der Waals surface area contributed by atoms with Gasteiger partial charge in [-0.15, -0.1) is 0 Å². The summed E-state index contributed by atoms with van der Waals surface area (Å²) in [6.07, 6.45) is 2.95. The van der Waals surface area contributed by atoms with Gasteiger partial charge in [0.2, 0.25) is 5.91 Å². The highest BCUT2D eigenvalue weighted by Gasteiger charge is 2.43. The average molecular weight is 232 g/mol. The topological polar surface area (TPSA) is 55.1 Å². The second kappa shape index (κ2) is 5.82. The predicted molar refractivity (Wildman–Crippen MR) is 68.6 cm³/mol. The summed E-state index contributed by atoms with van der Waals surface area (Å²) in [6, 6.07) is 10.3. The van der Waals surface area contributed by atoms with E-state index in [1.165, 1.54) is 5.56 Å². The summed E-state index contributed by atoms with van der Waals surface area (Å²) in [6.45, 7) is 1.46. The standard InChI is InChI=1S/C14H20N2O/c15-8-4-5-9-16-14(17)13-10-12(13)11-6-2-1-3-7-11/h1-3,6-7,12-13H,4-5,8-10,15H2,(H,16,17)/t12-,13+/m0/s1. The second-order valence-corrected chi connectivity index (χ2v) is 4.65. The minimum absolute atomic E-state index is 0.190. The maximum atomic E-state index is 11.8. The van der Waals surface area contributed by atoms with Crippen molar-refractivity contribution in [1.29, 1.82) is 0 Å². The van der Waals surface area contributed by atoms with E-state index < -0.39 is 0 Å². The molecule has 3 nitrogen and oxygen atoms in total. The minimum atomic E-state index is 0.190. The van der Waals surface area contributed by atoms with Crippen molar-refractivity contribution >= 4 is 5.91 Å². The van der Waals surface area contributed by atoms with Gasteiger partial charge in [-0.25, -0.2) is 0 Å². The number of unbranched alkanes of at least 4 members (excludes halogenated alkanes) is 1. The first-order chi connectivity index (χ1) is 8.33. The molecule has 1 aromatic rings. The Morgan fingerprint density at radius 1 is 1.29 bits per heavy atom. The number of amides is 1. The molecule has 0 radical (unpaired) electrons. The van der Waals surface area contributed by atoms with Crippen LogP contribution in [0.3, 0.4) is 0 Å². The molecule has 92 valence electrons. The van der Waals surface area contributed by atoms with E-state index in [4.69, 9.17) is 5.73 Å². The molecular weight excluding hydrogens is 212 g/mol. The van der Waals surface area contributed by atoms with Crippen LogP contribution < -0.4 is 11.1 Å². The van der Waals surface area contributed by atoms with Crippen molar-refractivity contribution in [1.82, 2.24) is 5.32 Å². The number of nitrogens with one attached hydrogen (secondary N) is 1. The summed E-state index contributed by atoms with van der Waals surface area (Å²) in [5.74, 6) is 0.830. The van der Waals surface area contributed by atoms with Crippen molar-refractivity contribution in [3.05, 3.63) is 35.9 Å². The maximum absolute atomic E-state index is 11.8. The fourth-order valence-electron chi connectivity index (χ4n) is 2.17. The number of rotatable bonds is 6. The summed E-state index contributed by atoms with van der Waals surface area (Å²) in [7, 11) is 0. The van der Waals surface area contributed by atoms with Gasteiger partial charge in [0, 0.05) is 12.5 Å². The van der Waals surface area contributed by atoms with Crippen LogP contribution in [0.4, 0.5) is 0 Å². The highest BCUT2D eigenvalue weighted by molar-refractivity contribution is 5.82. The van der Waals surface area contributed by atoms with Crippen LogP contribution in [-0.2, 0) is 4.79 Å². The van der Waals surface area contributed by atoms with Crippen LogP contribution in [0.15, 0.2) is 30.3 Å². The van der Waals surface area contributed by atoms with E-state index in [-0.39, 0.29) is 11.8 Å². The van der Waals surface area contributed by atoms with Gasteiger partial charge in [-0.1, -0.05) is 30.3 Å². The Kier molecular flexibility index (Phi) is 4.15. The van der Waals surface area contributed by atoms with Gasteiger partial charge in [0.05, 0.1) is 0 Å². The normalized spacial score (nSPS) is 22.2. The molecule has 0 spiro atoms. The number of hydrogen-bond acceptors (Lipinski definition) is 2. The molecular formula is C14H20N2O. The smallest absolute Gasteiger partial charge is 0.223 e. The molecule has 1 amide bonds. The first-order valence-corrected chi connectivity index (χ1v) is 6.35. The molecule has 1 fully saturated rings. The number of carbonyl (C=O) groups excluding carboxylic acids is 1. The molecule has 1 aliphatic carbocycles. The molecule has 2 atom stereocenters. The highest BCUT2D eigenvalue weighted by Crippen LogP contribution is 2.47. The Balaban J connectivity index is 1.73. The van der Waals surface area contributed by atoms with E-state index in [1.807, 2.05) is 18.2 Å². The van der Waals surface area contributed by atoms with Gasteiger partial charge in [0.25, 0.3) is 0 Å². The monoisotopic (exact) mass is 232 g/mol. The summed E-state index contributed by atoms with van der Waals surface area (Å²) in [4.78, 5) is 11.8. The number of carbonyl (C=O) groups is 1. The van der Waals surface area contributed by atoms with E-state index in [2.05, 4.69) is 17.4 Å². The van der Waals surface area contributed by atoms with Gasteiger partial charge >= 0.3 is 0 Å². The Bertz CT molecular complexity index is 364. The second-order valence-electron chi connectivity index (χ2n) is 4.65. The van der Waals surface area contributed by atoms with Crippen molar-refractivity contribution in [3.8, 4) is 0 Å². The van der Waals surface area contributed by atoms with E-state index in [1.54, 1.807) is 0 Å². The lowest BCUT2D eigenvalue weighted by atomic mass is 10.1. The quantitative estimate of drug-likeness (QED) is 0.733. The summed E-state index contributed by atoms with van der Waals surface area (Å²) in [5.41, 5.74) is 6.69. The van der Waals surface area contributed by atoms with Crippen LogP contribution in [-0.4, -0.2) is 19.0 Å². The molecule has 0 saturated heterocycles. The van der Waals surface area contributed by atoms with Gasteiger partial charge < -0.3 is 11.1 Å². The van der Waals surface area contributed by atoms with Crippen molar-refractivity contribution in [3.63, 3.8) is 0 Å². The first kappa shape index (κ1) is 12.1. The lowest BCUT2D eigenvalue weighted by Crippen LogP contribution is -2.26. The van der Waals surface area contributed by atoms with Crippen LogP contribution in [0, 0.1) is 5.92 Å². The number of benzene rings is 1. The Labute approximate surface area is 102 Å². The maximum Gasteiger partial charge on any atom is 0.223 e. The third kappa shape index (κ3) is 3.30. The van der Waals surface area contributed by atoms with Crippen molar-refractivity contribution < 1.29 is 4.79 Å². The lowest BCUT2D eigenvalue weighted by Gasteiger charge is -2.04. The van der Waals surface area contributed by atoms with Gasteiger partial charge in [-0.05, 0) is 37.3 Å². The van der Waals surface area contributed by atoms with E-state index in [0.29, 0.717) is 12.5 Å². The zero-order valence-electron chi connectivity index (χ0n) is 10.1. The SMILES string of the molecule is NCCCCNC(=O)[C@@H]1C[C@H]1c1ccccc1. The molecule has 2 rings (SSSR count). The summed E-state index contributed by atoms with van der Waals surface area (Å²) in [5, 5.41) is 2.98. The van der Waals surface area contributed by atoms with E-state index in [0.717, 1.165) is 25.8 Å². The van der Waals surface area contributed by atoms with Crippen LogP contribution >= 0.6 is 0 Å². The first-order valence-electron chi connectivity index (χ1n) is 6.35. The molecule has 0 aromatic heterocycles. The molecule has 1 aliphatic rings. The molecule has 3 N–H and O–H groups in total. The van der Waals surface area contributed by atoms with Gasteiger partial charge in [0.15, 0.2) is 0 Å². The Morgan fingerprint density at radius 2 is 2.06 bits per heavy atom. The summed E-state index contributed by atoms with van der Waals surface area (Å²) >= 11 is 0. The highest BCUT2D eigenvalue weighted by atomic mass is 16.2. The van der Waals surface area contributed by atoms with Gasteiger partial charge in [0.1, 0.15) is 0 Å². The van der Waals surface area contributed by atoms with Crippen LogP contribution in [0.25, 0.3) is 0 Å². The van der Waals surface area contributed by atoms with Crippen molar-refractivity contribution in [2.45, 2.75) is 25.2 Å². The van der Waals surface area contributed by atoms with Crippen LogP contribution in [0.1, 0.15) is 30.7 Å². The third-order valence-corrected chi connectivity index (χ3v) is 3.29. The van der Waals surface area contributed by atoms with Crippen LogP contribution in [0.2, 0.25) is 0 Å². The van der Waals surface area contributed by atoms with E-state index in [9.17, 15) is 4.79 Å². The zero-order chi connectivity index (χ0) is 12.1. The fraction of sp³-hybridized carbons (Fsp3) is 0.500. The van der Waals surface area contributed by atoms with Gasteiger partial charge in [-0.3, -0.25) is 4.79 Å². The minimum Gasteiger partial charge on any atom is -0.356 e. The van der Waals surface area contributed by atoms with Crippen molar-refractivity contribution in [2.24, 2.45) is 11.7 Å². The molecule has 0 aliphatic heterocycles. The number of nitrogens with two attached hydrogens (primary N) is 1. The predicted octanol–water partition coefficient (Wildman–Crippen LogP) is 1.65. The largest absolute Gasteiger partial charge is 0.356 e. The molecule has 1 aromatic carbocycles. The number of hydrogen-bond donors (Lipinski definition) is 2. The Hall–Kier alpha value is -1.35. The third-order valence-electron chi connectivity index (χ3n) is 3.29. The molecule has 0 unspecified atom stereocenters. The lowest BCUT2D eigenvalue weighted by molar-refractivity contribution is -0.122. The molecule has 17 heavy (non-hydrogen) atoms. The zero-order valence-corrected chi connectivity index (χ0v) is 10.1. The fourth-order valence-corrected chi connectivity index (χ4v) is 2.17. The molecule has 0 bridgehead atoms. The van der Waals surface area contributed by atoms with E-state index >= 15 is 0 Å². The molecule has 0 heterocycles. The van der Waals surface area contributed by atoms with Crippen LogP contribution in [0.5, 0.6) is 0 Å². The molecule has 1 saturated carbocycles. The van der Waals surface area contributed by atoms with Crippen molar-refractivity contribution in [2.75, 3.05) is 13.1 Å². The van der Waals surface area contributed by atoms with Gasteiger partial charge in [-0.2, -0.15) is 0 Å².